The van der Waals surface area contributed by atoms with Crippen LogP contribution in [0.2, 0.25) is 5.02 Å². The fourth-order valence-corrected chi connectivity index (χ4v) is 2.53. The van der Waals surface area contributed by atoms with Gasteiger partial charge in [-0.25, -0.2) is 4.39 Å². The fourth-order valence-electron chi connectivity index (χ4n) is 1.17. The number of halogens is 3. The van der Waals surface area contributed by atoms with E-state index in [1.807, 2.05) is 0 Å². The monoisotopic (exact) mass is 351 g/mol. The minimum Gasteiger partial charge on any atom is -0.485 e. The zero-order chi connectivity index (χ0) is 13.1. The predicted molar refractivity (Wildman–Crippen MR) is 72.9 cm³/mol. The Labute approximate surface area is 120 Å². The summed E-state index contributed by atoms with van der Waals surface area (Å²) < 4.78 is 19.3. The molecule has 8 heteroatoms. The molecular weight excluding hydrogens is 345 g/mol. The molecule has 0 spiro atoms. The number of hydrogen-bond donors (Lipinski definition) is 1. The molecule has 1 heterocycles. The van der Waals surface area contributed by atoms with Gasteiger partial charge in [-0.2, -0.15) is 0 Å². The lowest BCUT2D eigenvalue weighted by Gasteiger charge is -2.07. The van der Waals surface area contributed by atoms with Crippen molar-refractivity contribution >= 4 is 44.0 Å². The Bertz CT molecular complexity index is 566. The molecule has 0 bridgehead atoms. The molecule has 18 heavy (non-hydrogen) atoms. The highest BCUT2D eigenvalue weighted by molar-refractivity contribution is 9.10. The molecule has 0 amide bonds. The lowest BCUT2D eigenvalue weighted by Crippen LogP contribution is -1.96. The predicted octanol–water partition coefficient (Wildman–Crippen LogP) is 3.71. The molecule has 0 fully saturated rings. The smallest absolute Gasteiger partial charge is 0.205 e. The van der Waals surface area contributed by atoms with Gasteiger partial charge < -0.3 is 10.1 Å². The largest absolute Gasteiger partial charge is 0.485 e. The summed E-state index contributed by atoms with van der Waals surface area (Å²) in [6.07, 6.45) is 0. The van der Waals surface area contributed by atoms with Crippen LogP contribution in [0.15, 0.2) is 16.6 Å². The van der Waals surface area contributed by atoms with E-state index in [9.17, 15) is 4.39 Å². The van der Waals surface area contributed by atoms with E-state index in [0.29, 0.717) is 20.4 Å². The maximum atomic E-state index is 13.3. The third-order valence-electron chi connectivity index (χ3n) is 2.01. The Morgan fingerprint density at radius 2 is 2.28 bits per heavy atom. The number of hydrogen-bond acceptors (Lipinski definition) is 5. The zero-order valence-corrected chi connectivity index (χ0v) is 12.4. The highest BCUT2D eigenvalue weighted by Crippen LogP contribution is 2.31. The average Bonchev–Trinajstić information content (AvgIpc) is 2.80. The maximum absolute atomic E-state index is 13.3. The lowest BCUT2D eigenvalue weighted by atomic mass is 10.3. The Kier molecular flexibility index (Phi) is 4.36. The fraction of sp³-hybridized carbons (Fsp3) is 0.200. The molecule has 1 aromatic carbocycles. The molecule has 0 aliphatic heterocycles. The number of rotatable bonds is 4. The Balaban J connectivity index is 2.08. The topological polar surface area (TPSA) is 47.0 Å². The standard InChI is InChI=1S/C10H8BrClFN3OS/c1-14-10-16-15-9(18-10)4-17-8-3-7(13)6(12)2-5(8)11/h2-3H,4H2,1H3,(H,14,16). The van der Waals surface area contributed by atoms with Gasteiger partial charge in [-0.3, -0.25) is 0 Å². The van der Waals surface area contributed by atoms with E-state index in [0.717, 1.165) is 0 Å². The van der Waals surface area contributed by atoms with Gasteiger partial charge in [0.15, 0.2) is 5.01 Å². The van der Waals surface area contributed by atoms with Gasteiger partial charge in [0.25, 0.3) is 0 Å². The van der Waals surface area contributed by atoms with Gasteiger partial charge in [0.2, 0.25) is 5.13 Å². The Hall–Kier alpha value is -0.920. The van der Waals surface area contributed by atoms with Gasteiger partial charge in [0.05, 0.1) is 9.50 Å². The van der Waals surface area contributed by atoms with E-state index in [4.69, 9.17) is 16.3 Å². The minimum atomic E-state index is -0.525. The van der Waals surface area contributed by atoms with Crippen LogP contribution in [0, 0.1) is 5.82 Å². The van der Waals surface area contributed by atoms with Crippen molar-refractivity contribution in [2.45, 2.75) is 6.61 Å². The first-order valence-corrected chi connectivity index (χ1v) is 6.86. The number of nitrogens with one attached hydrogen (secondary N) is 1. The number of aromatic nitrogens is 2. The summed E-state index contributed by atoms with van der Waals surface area (Å²) in [5.74, 6) is -0.152. The highest BCUT2D eigenvalue weighted by Gasteiger charge is 2.09. The van der Waals surface area contributed by atoms with Crippen molar-refractivity contribution in [2.24, 2.45) is 0 Å². The first-order valence-electron chi connectivity index (χ1n) is 4.87. The lowest BCUT2D eigenvalue weighted by molar-refractivity contribution is 0.301. The molecule has 0 aliphatic carbocycles. The molecule has 0 saturated carbocycles. The van der Waals surface area contributed by atoms with Gasteiger partial charge >= 0.3 is 0 Å². The summed E-state index contributed by atoms with van der Waals surface area (Å²) in [6.45, 7) is 0.221. The van der Waals surface area contributed by atoms with E-state index >= 15 is 0 Å². The average molecular weight is 353 g/mol. The van der Waals surface area contributed by atoms with Gasteiger partial charge in [0, 0.05) is 13.1 Å². The van der Waals surface area contributed by atoms with E-state index < -0.39 is 5.82 Å². The normalized spacial score (nSPS) is 10.4. The van der Waals surface area contributed by atoms with Crippen molar-refractivity contribution in [1.82, 2.24) is 10.2 Å². The number of benzene rings is 1. The molecule has 0 saturated heterocycles. The summed E-state index contributed by atoms with van der Waals surface area (Å²) in [5.41, 5.74) is 0. The van der Waals surface area contributed by atoms with Gasteiger partial charge in [-0.1, -0.05) is 22.9 Å². The van der Waals surface area contributed by atoms with Crippen molar-refractivity contribution in [3.8, 4) is 5.75 Å². The van der Waals surface area contributed by atoms with Crippen LogP contribution in [-0.2, 0) is 6.61 Å². The quantitative estimate of drug-likeness (QED) is 0.852. The Morgan fingerprint density at radius 1 is 1.50 bits per heavy atom. The summed E-state index contributed by atoms with van der Waals surface area (Å²) in [6, 6.07) is 2.68. The van der Waals surface area contributed by atoms with Crippen LogP contribution in [0.1, 0.15) is 5.01 Å². The highest BCUT2D eigenvalue weighted by atomic mass is 79.9. The summed E-state index contributed by atoms with van der Waals surface area (Å²) in [5, 5.41) is 12.1. The van der Waals surface area contributed by atoms with Gasteiger partial charge in [-0.05, 0) is 22.0 Å². The molecule has 0 radical (unpaired) electrons. The molecule has 96 valence electrons. The van der Waals surface area contributed by atoms with Crippen molar-refractivity contribution in [1.29, 1.82) is 0 Å². The molecule has 1 N–H and O–H groups in total. The molecule has 0 atom stereocenters. The zero-order valence-electron chi connectivity index (χ0n) is 9.21. The second-order valence-corrected chi connectivity index (χ2v) is 5.56. The van der Waals surface area contributed by atoms with Crippen LogP contribution in [-0.4, -0.2) is 17.2 Å². The van der Waals surface area contributed by atoms with Crippen LogP contribution in [0.3, 0.4) is 0 Å². The first kappa shape index (κ1) is 13.5. The maximum Gasteiger partial charge on any atom is 0.205 e. The van der Waals surface area contributed by atoms with E-state index in [1.165, 1.54) is 23.5 Å². The Morgan fingerprint density at radius 3 is 2.94 bits per heavy atom. The van der Waals surface area contributed by atoms with Crippen molar-refractivity contribution < 1.29 is 9.13 Å². The van der Waals surface area contributed by atoms with Crippen LogP contribution in [0.4, 0.5) is 9.52 Å². The van der Waals surface area contributed by atoms with Crippen molar-refractivity contribution in [3.05, 3.63) is 32.5 Å². The van der Waals surface area contributed by atoms with Crippen molar-refractivity contribution in [3.63, 3.8) is 0 Å². The first-order chi connectivity index (χ1) is 8.60. The SMILES string of the molecule is CNc1nnc(COc2cc(F)c(Cl)cc2Br)s1. The summed E-state index contributed by atoms with van der Waals surface area (Å²) >= 11 is 10.3. The van der Waals surface area contributed by atoms with E-state index in [-0.39, 0.29) is 11.6 Å². The summed E-state index contributed by atoms with van der Waals surface area (Å²) in [7, 11) is 1.76. The minimum absolute atomic E-state index is 0.0441. The summed E-state index contributed by atoms with van der Waals surface area (Å²) in [4.78, 5) is 0. The second-order valence-electron chi connectivity index (χ2n) is 3.24. The molecule has 0 unspecified atom stereocenters. The molecule has 2 aromatic rings. The third kappa shape index (κ3) is 3.09. The molecule has 1 aromatic heterocycles. The van der Waals surface area contributed by atoms with Crippen LogP contribution in [0.25, 0.3) is 0 Å². The number of anilines is 1. The second kappa shape index (κ2) is 5.81. The van der Waals surface area contributed by atoms with E-state index in [1.54, 1.807) is 7.05 Å². The molecule has 2 rings (SSSR count). The number of ether oxygens (including phenoxy) is 1. The van der Waals surface area contributed by atoms with Crippen molar-refractivity contribution in [2.75, 3.05) is 12.4 Å². The van der Waals surface area contributed by atoms with Crippen LogP contribution in [0.5, 0.6) is 5.75 Å². The molecule has 0 aliphatic rings. The van der Waals surface area contributed by atoms with E-state index in [2.05, 4.69) is 31.4 Å². The van der Waals surface area contributed by atoms with Crippen LogP contribution < -0.4 is 10.1 Å². The third-order valence-corrected chi connectivity index (χ3v) is 3.83. The molecular formula is C10H8BrClFN3OS. The van der Waals surface area contributed by atoms with Gasteiger partial charge in [-0.15, -0.1) is 10.2 Å². The molecule has 4 nitrogen and oxygen atoms in total. The van der Waals surface area contributed by atoms with Crippen LogP contribution >= 0.6 is 38.9 Å². The van der Waals surface area contributed by atoms with Gasteiger partial charge in [0.1, 0.15) is 18.2 Å². The number of nitrogens with zero attached hydrogens (tertiary/aromatic N) is 2.